The molecule has 0 amide bonds. The molecular formula is C15H13FO2. The van der Waals surface area contributed by atoms with Crippen LogP contribution in [-0.2, 0) is 6.42 Å². The number of benzene rings is 2. The Labute approximate surface area is 105 Å². The summed E-state index contributed by atoms with van der Waals surface area (Å²) < 4.78 is 13.6. The molecule has 0 radical (unpaired) electrons. The van der Waals surface area contributed by atoms with Crippen LogP contribution in [0.15, 0.2) is 42.5 Å². The van der Waals surface area contributed by atoms with Crippen molar-refractivity contribution in [2.24, 2.45) is 0 Å². The van der Waals surface area contributed by atoms with E-state index in [1.165, 1.54) is 17.7 Å². The second kappa shape index (κ2) is 5.00. The molecule has 2 rings (SSSR count). The van der Waals surface area contributed by atoms with Crippen molar-refractivity contribution in [3.63, 3.8) is 0 Å². The number of hydrogen-bond donors (Lipinski definition) is 1. The number of halogens is 1. The van der Waals surface area contributed by atoms with Gasteiger partial charge in [-0.05, 0) is 35.2 Å². The molecule has 18 heavy (non-hydrogen) atoms. The summed E-state index contributed by atoms with van der Waals surface area (Å²) in [4.78, 5) is 10.7. The van der Waals surface area contributed by atoms with Gasteiger partial charge in [-0.25, -0.2) is 9.18 Å². The monoisotopic (exact) mass is 244 g/mol. The maximum absolute atomic E-state index is 13.6. The first-order chi connectivity index (χ1) is 8.61. The number of aryl methyl sites for hydroxylation is 1. The molecule has 2 aromatic carbocycles. The lowest BCUT2D eigenvalue weighted by Crippen LogP contribution is -2.00. The highest BCUT2D eigenvalue weighted by atomic mass is 19.1. The van der Waals surface area contributed by atoms with Crippen LogP contribution in [-0.4, -0.2) is 11.1 Å². The first-order valence-corrected chi connectivity index (χ1v) is 5.74. The van der Waals surface area contributed by atoms with Crippen LogP contribution in [0.3, 0.4) is 0 Å². The molecule has 0 atom stereocenters. The van der Waals surface area contributed by atoms with Crippen LogP contribution in [0.25, 0.3) is 11.1 Å². The maximum atomic E-state index is 13.6. The number of carboxylic acid groups (broad SMARTS) is 1. The summed E-state index contributed by atoms with van der Waals surface area (Å²) in [7, 11) is 0. The zero-order valence-electron chi connectivity index (χ0n) is 9.98. The van der Waals surface area contributed by atoms with Gasteiger partial charge in [-0.15, -0.1) is 0 Å². The summed E-state index contributed by atoms with van der Waals surface area (Å²) >= 11 is 0. The molecule has 0 aliphatic rings. The van der Waals surface area contributed by atoms with E-state index in [4.69, 9.17) is 5.11 Å². The SMILES string of the molecule is CCc1ccc(-c2ccc(C(=O)O)c(F)c2)cc1. The second-order valence-electron chi connectivity index (χ2n) is 4.05. The molecule has 0 spiro atoms. The highest BCUT2D eigenvalue weighted by Gasteiger charge is 2.10. The third-order valence-electron chi connectivity index (χ3n) is 2.90. The van der Waals surface area contributed by atoms with Gasteiger partial charge < -0.3 is 5.11 Å². The minimum absolute atomic E-state index is 0.302. The molecule has 0 saturated carbocycles. The van der Waals surface area contributed by atoms with Crippen LogP contribution < -0.4 is 0 Å². The predicted octanol–water partition coefficient (Wildman–Crippen LogP) is 3.75. The molecule has 0 aromatic heterocycles. The third kappa shape index (κ3) is 2.40. The van der Waals surface area contributed by atoms with Crippen molar-refractivity contribution in [2.45, 2.75) is 13.3 Å². The van der Waals surface area contributed by atoms with Crippen LogP contribution in [0.4, 0.5) is 4.39 Å². The zero-order chi connectivity index (χ0) is 13.1. The molecule has 92 valence electrons. The highest BCUT2D eigenvalue weighted by molar-refractivity contribution is 5.88. The van der Waals surface area contributed by atoms with E-state index in [2.05, 4.69) is 6.92 Å². The van der Waals surface area contributed by atoms with Crippen LogP contribution in [0, 0.1) is 5.82 Å². The fourth-order valence-electron chi connectivity index (χ4n) is 1.80. The quantitative estimate of drug-likeness (QED) is 0.892. The molecule has 0 aliphatic heterocycles. The van der Waals surface area contributed by atoms with Gasteiger partial charge >= 0.3 is 5.97 Å². The van der Waals surface area contributed by atoms with Crippen LogP contribution >= 0.6 is 0 Å². The Bertz CT molecular complexity index is 574. The van der Waals surface area contributed by atoms with Gasteiger partial charge in [0.15, 0.2) is 0 Å². The molecule has 0 unspecified atom stereocenters. The standard InChI is InChI=1S/C15H13FO2/c1-2-10-3-5-11(6-4-10)12-7-8-13(15(17)18)14(16)9-12/h3-9H,2H2,1H3,(H,17,18). The normalized spacial score (nSPS) is 10.3. The predicted molar refractivity (Wildman–Crippen MR) is 68.2 cm³/mol. The molecule has 0 saturated heterocycles. The molecule has 2 nitrogen and oxygen atoms in total. The van der Waals surface area contributed by atoms with E-state index in [1.54, 1.807) is 6.07 Å². The van der Waals surface area contributed by atoms with E-state index in [9.17, 15) is 9.18 Å². The van der Waals surface area contributed by atoms with E-state index < -0.39 is 11.8 Å². The summed E-state index contributed by atoms with van der Waals surface area (Å²) in [6.07, 6.45) is 0.951. The Morgan fingerprint density at radius 2 is 1.72 bits per heavy atom. The highest BCUT2D eigenvalue weighted by Crippen LogP contribution is 2.22. The van der Waals surface area contributed by atoms with Gasteiger partial charge in [0, 0.05) is 0 Å². The first kappa shape index (κ1) is 12.3. The molecule has 3 heteroatoms. The van der Waals surface area contributed by atoms with Gasteiger partial charge in [-0.3, -0.25) is 0 Å². The largest absolute Gasteiger partial charge is 0.478 e. The number of hydrogen-bond acceptors (Lipinski definition) is 1. The van der Waals surface area contributed by atoms with E-state index >= 15 is 0 Å². The summed E-state index contributed by atoms with van der Waals surface area (Å²) in [5, 5.41) is 8.76. The van der Waals surface area contributed by atoms with Gasteiger partial charge in [-0.1, -0.05) is 37.3 Å². The minimum atomic E-state index is -1.25. The van der Waals surface area contributed by atoms with Gasteiger partial charge in [-0.2, -0.15) is 0 Å². The average Bonchev–Trinajstić information content (AvgIpc) is 2.38. The van der Waals surface area contributed by atoms with Crippen molar-refractivity contribution in [1.29, 1.82) is 0 Å². The first-order valence-electron chi connectivity index (χ1n) is 5.74. The zero-order valence-corrected chi connectivity index (χ0v) is 9.98. The number of carbonyl (C=O) groups is 1. The summed E-state index contributed by atoms with van der Waals surface area (Å²) in [6.45, 7) is 2.07. The lowest BCUT2D eigenvalue weighted by Gasteiger charge is -2.05. The minimum Gasteiger partial charge on any atom is -0.478 e. The Morgan fingerprint density at radius 3 is 2.22 bits per heavy atom. The maximum Gasteiger partial charge on any atom is 0.338 e. The molecule has 0 bridgehead atoms. The third-order valence-corrected chi connectivity index (χ3v) is 2.90. The van der Waals surface area contributed by atoms with Crippen molar-refractivity contribution in [3.05, 3.63) is 59.4 Å². The van der Waals surface area contributed by atoms with Crippen molar-refractivity contribution < 1.29 is 14.3 Å². The van der Waals surface area contributed by atoms with Crippen molar-refractivity contribution in [2.75, 3.05) is 0 Å². The van der Waals surface area contributed by atoms with Gasteiger partial charge in [0.1, 0.15) is 5.82 Å². The van der Waals surface area contributed by atoms with Crippen molar-refractivity contribution in [3.8, 4) is 11.1 Å². The van der Waals surface area contributed by atoms with E-state index in [0.717, 1.165) is 12.0 Å². The smallest absolute Gasteiger partial charge is 0.338 e. The van der Waals surface area contributed by atoms with Gasteiger partial charge in [0.05, 0.1) is 5.56 Å². The summed E-state index contributed by atoms with van der Waals surface area (Å²) in [5.41, 5.74) is 2.47. The van der Waals surface area contributed by atoms with E-state index in [-0.39, 0.29) is 5.56 Å². The average molecular weight is 244 g/mol. The Kier molecular flexibility index (Phi) is 3.42. The fraction of sp³-hybridized carbons (Fsp3) is 0.133. The molecule has 0 aliphatic carbocycles. The molecule has 0 fully saturated rings. The van der Waals surface area contributed by atoms with E-state index in [1.807, 2.05) is 24.3 Å². The van der Waals surface area contributed by atoms with Crippen LogP contribution in [0.5, 0.6) is 0 Å². The lowest BCUT2D eigenvalue weighted by molar-refractivity contribution is 0.0692. The number of rotatable bonds is 3. The van der Waals surface area contributed by atoms with E-state index in [0.29, 0.717) is 5.56 Å². The van der Waals surface area contributed by atoms with Crippen molar-refractivity contribution >= 4 is 5.97 Å². The fourth-order valence-corrected chi connectivity index (χ4v) is 1.80. The Morgan fingerprint density at radius 1 is 1.11 bits per heavy atom. The molecule has 2 aromatic rings. The molecular weight excluding hydrogens is 231 g/mol. The van der Waals surface area contributed by atoms with Gasteiger partial charge in [0.2, 0.25) is 0 Å². The number of aromatic carboxylic acids is 1. The van der Waals surface area contributed by atoms with Gasteiger partial charge in [0.25, 0.3) is 0 Å². The lowest BCUT2D eigenvalue weighted by atomic mass is 10.0. The summed E-state index contributed by atoms with van der Waals surface area (Å²) in [6, 6.07) is 12.0. The Hall–Kier alpha value is -2.16. The van der Waals surface area contributed by atoms with Crippen LogP contribution in [0.2, 0.25) is 0 Å². The Balaban J connectivity index is 2.39. The van der Waals surface area contributed by atoms with Crippen LogP contribution in [0.1, 0.15) is 22.8 Å². The summed E-state index contributed by atoms with van der Waals surface area (Å²) in [5.74, 6) is -1.96. The number of carboxylic acids is 1. The molecule has 1 N–H and O–H groups in total. The molecule has 0 heterocycles. The van der Waals surface area contributed by atoms with Crippen molar-refractivity contribution in [1.82, 2.24) is 0 Å². The topological polar surface area (TPSA) is 37.3 Å². The second-order valence-corrected chi connectivity index (χ2v) is 4.05.